The van der Waals surface area contributed by atoms with Gasteiger partial charge in [-0.1, -0.05) is 24.3 Å². The third-order valence-corrected chi connectivity index (χ3v) is 8.51. The molecular formula is C32H35N7O3. The molecule has 1 saturated heterocycles. The molecule has 10 heteroatoms. The summed E-state index contributed by atoms with van der Waals surface area (Å²) in [6, 6.07) is 16.5. The SMILES string of the molecule is COc1ccc(CNc2ncc3ccc(CCC4C[C@@H](n5ccc6c(N)ncnc65)[C@@H]5OC(C)(C)O[C@H]45)cc3n2)cc1. The number of nitrogens with two attached hydrogens (primary N) is 1. The molecule has 1 aliphatic carbocycles. The lowest BCUT2D eigenvalue weighted by atomic mass is 9.95. The number of fused-ring (bicyclic) bond motifs is 3. The Bertz CT molecular complexity index is 1740. The lowest BCUT2D eigenvalue weighted by Crippen LogP contribution is -2.27. The molecule has 1 unspecified atom stereocenters. The molecule has 3 aromatic heterocycles. The van der Waals surface area contributed by atoms with E-state index in [2.05, 4.69) is 49.2 Å². The van der Waals surface area contributed by atoms with Crippen LogP contribution in [0.5, 0.6) is 5.75 Å². The number of aryl methyl sites for hydroxylation is 1. The molecule has 0 spiro atoms. The molecule has 7 rings (SSSR count). The Labute approximate surface area is 244 Å². The third kappa shape index (κ3) is 5.01. The van der Waals surface area contributed by atoms with E-state index < -0.39 is 5.79 Å². The van der Waals surface area contributed by atoms with Crippen molar-refractivity contribution < 1.29 is 14.2 Å². The molecule has 5 aromatic rings. The van der Waals surface area contributed by atoms with Crippen molar-refractivity contribution in [2.45, 2.75) is 63.7 Å². The molecule has 2 aromatic carbocycles. The number of hydrogen-bond acceptors (Lipinski definition) is 9. The van der Waals surface area contributed by atoms with Gasteiger partial charge in [0.25, 0.3) is 0 Å². The zero-order chi connectivity index (χ0) is 28.8. The van der Waals surface area contributed by atoms with Gasteiger partial charge in [0.15, 0.2) is 5.79 Å². The van der Waals surface area contributed by atoms with Gasteiger partial charge in [-0.2, -0.15) is 0 Å². The highest BCUT2D eigenvalue weighted by Gasteiger charge is 2.54. The Kier molecular flexibility index (Phi) is 6.67. The number of rotatable bonds is 8. The zero-order valence-corrected chi connectivity index (χ0v) is 24.0. The number of nitrogens with one attached hydrogen (secondary N) is 1. The van der Waals surface area contributed by atoms with E-state index in [1.54, 1.807) is 7.11 Å². The van der Waals surface area contributed by atoms with E-state index in [0.717, 1.165) is 52.5 Å². The molecule has 42 heavy (non-hydrogen) atoms. The molecule has 3 N–H and O–H groups in total. The van der Waals surface area contributed by atoms with E-state index in [9.17, 15) is 0 Å². The first-order valence-electron chi connectivity index (χ1n) is 14.4. The number of ether oxygens (including phenoxy) is 3. The molecule has 0 radical (unpaired) electrons. The molecule has 1 saturated carbocycles. The van der Waals surface area contributed by atoms with Crippen molar-refractivity contribution in [3.8, 4) is 5.75 Å². The Hall–Kier alpha value is -4.28. The first kappa shape index (κ1) is 26.6. The predicted octanol–water partition coefficient (Wildman–Crippen LogP) is 5.29. The van der Waals surface area contributed by atoms with Crippen molar-refractivity contribution in [1.29, 1.82) is 0 Å². The van der Waals surface area contributed by atoms with E-state index in [4.69, 9.17) is 24.9 Å². The van der Waals surface area contributed by atoms with Gasteiger partial charge in [0.1, 0.15) is 29.6 Å². The van der Waals surface area contributed by atoms with Crippen LogP contribution in [0.3, 0.4) is 0 Å². The topological polar surface area (TPSA) is 122 Å². The number of benzene rings is 2. The summed E-state index contributed by atoms with van der Waals surface area (Å²) in [7, 11) is 1.67. The number of nitrogens with zero attached hydrogens (tertiary/aromatic N) is 5. The van der Waals surface area contributed by atoms with Crippen molar-refractivity contribution in [2.24, 2.45) is 5.92 Å². The summed E-state index contributed by atoms with van der Waals surface area (Å²) in [5.41, 5.74) is 10.3. The van der Waals surface area contributed by atoms with Gasteiger partial charge in [0.2, 0.25) is 5.95 Å². The highest BCUT2D eigenvalue weighted by molar-refractivity contribution is 5.86. The minimum absolute atomic E-state index is 0.0122. The van der Waals surface area contributed by atoms with E-state index in [1.807, 2.05) is 50.4 Å². The van der Waals surface area contributed by atoms with Gasteiger partial charge in [-0.25, -0.2) is 19.9 Å². The fourth-order valence-corrected chi connectivity index (χ4v) is 6.46. The van der Waals surface area contributed by atoms with Crippen LogP contribution in [-0.4, -0.2) is 49.6 Å². The molecule has 0 amide bonds. The largest absolute Gasteiger partial charge is 0.497 e. The maximum absolute atomic E-state index is 6.47. The van der Waals surface area contributed by atoms with Gasteiger partial charge in [-0.05, 0) is 74.4 Å². The summed E-state index contributed by atoms with van der Waals surface area (Å²) < 4.78 is 20.4. The Morgan fingerprint density at radius 1 is 1.02 bits per heavy atom. The molecular weight excluding hydrogens is 530 g/mol. The van der Waals surface area contributed by atoms with Gasteiger partial charge in [0.05, 0.1) is 30.2 Å². The van der Waals surface area contributed by atoms with Gasteiger partial charge < -0.3 is 29.8 Å². The maximum Gasteiger partial charge on any atom is 0.223 e. The van der Waals surface area contributed by atoms with Gasteiger partial charge in [-0.15, -0.1) is 0 Å². The molecule has 0 bridgehead atoms. The summed E-state index contributed by atoms with van der Waals surface area (Å²) >= 11 is 0. The fraction of sp³-hybridized carbons (Fsp3) is 0.375. The summed E-state index contributed by atoms with van der Waals surface area (Å²) in [5, 5.41) is 5.23. The number of methoxy groups -OCH3 is 1. The van der Waals surface area contributed by atoms with E-state index in [-0.39, 0.29) is 18.2 Å². The molecule has 216 valence electrons. The number of aromatic nitrogens is 5. The Morgan fingerprint density at radius 3 is 2.67 bits per heavy atom. The summed E-state index contributed by atoms with van der Waals surface area (Å²) in [6.45, 7) is 4.63. The maximum atomic E-state index is 6.47. The Morgan fingerprint density at radius 2 is 1.83 bits per heavy atom. The van der Waals surface area contributed by atoms with Gasteiger partial charge >= 0.3 is 0 Å². The van der Waals surface area contributed by atoms with Crippen LogP contribution in [-0.2, 0) is 22.4 Å². The average Bonchev–Trinajstić information content (AvgIpc) is 3.66. The minimum atomic E-state index is -0.627. The van der Waals surface area contributed by atoms with Gasteiger partial charge in [-0.3, -0.25) is 0 Å². The summed E-state index contributed by atoms with van der Waals surface area (Å²) in [4.78, 5) is 18.0. The second-order valence-corrected chi connectivity index (χ2v) is 11.7. The quantitative estimate of drug-likeness (QED) is 0.258. The van der Waals surface area contributed by atoms with Crippen LogP contribution >= 0.6 is 0 Å². The van der Waals surface area contributed by atoms with Crippen LogP contribution in [0.2, 0.25) is 0 Å². The van der Waals surface area contributed by atoms with E-state index in [0.29, 0.717) is 24.2 Å². The normalized spacial score (nSPS) is 22.9. The highest BCUT2D eigenvalue weighted by atomic mass is 16.8. The van der Waals surface area contributed by atoms with Crippen molar-refractivity contribution in [1.82, 2.24) is 24.5 Å². The van der Waals surface area contributed by atoms with Crippen LogP contribution in [0.4, 0.5) is 11.8 Å². The van der Waals surface area contributed by atoms with Crippen molar-refractivity contribution in [3.05, 3.63) is 78.4 Å². The molecule has 1 aliphatic heterocycles. The predicted molar refractivity (Wildman–Crippen MR) is 161 cm³/mol. The minimum Gasteiger partial charge on any atom is -0.497 e. The third-order valence-electron chi connectivity index (χ3n) is 8.51. The fourth-order valence-electron chi connectivity index (χ4n) is 6.46. The zero-order valence-electron chi connectivity index (χ0n) is 24.0. The van der Waals surface area contributed by atoms with Gasteiger partial charge in [0, 0.05) is 24.3 Å². The smallest absolute Gasteiger partial charge is 0.223 e. The lowest BCUT2D eigenvalue weighted by Gasteiger charge is -2.24. The first-order valence-corrected chi connectivity index (χ1v) is 14.4. The molecule has 2 fully saturated rings. The van der Waals surface area contributed by atoms with Crippen molar-refractivity contribution in [2.75, 3.05) is 18.2 Å². The number of nitrogen functional groups attached to an aromatic ring is 1. The number of hydrogen-bond donors (Lipinski definition) is 2. The van der Waals surface area contributed by atoms with E-state index >= 15 is 0 Å². The van der Waals surface area contributed by atoms with Crippen molar-refractivity contribution in [3.63, 3.8) is 0 Å². The second kappa shape index (κ2) is 10.5. The highest BCUT2D eigenvalue weighted by Crippen LogP contribution is 2.49. The monoisotopic (exact) mass is 565 g/mol. The second-order valence-electron chi connectivity index (χ2n) is 11.7. The lowest BCUT2D eigenvalue weighted by molar-refractivity contribution is -0.160. The van der Waals surface area contributed by atoms with Crippen LogP contribution in [0.15, 0.2) is 67.3 Å². The first-order chi connectivity index (χ1) is 20.4. The molecule has 4 heterocycles. The standard InChI is InChI=1S/C32H35N7O3/c1-32(2)41-27-21(15-26(28(27)42-32)39-13-12-24-29(33)36-18-37-30(24)39)8-4-19-5-9-22-17-35-31(38-25(22)14-19)34-16-20-6-10-23(40-3)11-7-20/h5-7,9-14,17-18,21,26-28H,4,8,15-16H2,1-3H3,(H2,33,36,37)(H,34,35,38)/t21?,26-,27-,28+/m1/s1. The van der Waals surface area contributed by atoms with Crippen molar-refractivity contribution >= 4 is 33.7 Å². The molecule has 10 nitrogen and oxygen atoms in total. The number of anilines is 2. The molecule has 2 aliphatic rings. The van der Waals surface area contributed by atoms with Crippen LogP contribution in [0.1, 0.15) is 43.9 Å². The van der Waals surface area contributed by atoms with Crippen LogP contribution in [0.25, 0.3) is 21.9 Å². The van der Waals surface area contributed by atoms with Crippen LogP contribution < -0.4 is 15.8 Å². The summed E-state index contributed by atoms with van der Waals surface area (Å²) in [6.07, 6.45) is 8.24. The molecule has 4 atom stereocenters. The van der Waals surface area contributed by atoms with E-state index in [1.165, 1.54) is 11.9 Å². The van der Waals surface area contributed by atoms with Crippen LogP contribution in [0, 0.1) is 5.92 Å². The average molecular weight is 566 g/mol. The Balaban J connectivity index is 1.06. The summed E-state index contributed by atoms with van der Waals surface area (Å²) in [5.74, 6) is 1.65.